The van der Waals surface area contributed by atoms with Crippen LogP contribution in [-0.2, 0) is 6.54 Å². The third-order valence-corrected chi connectivity index (χ3v) is 2.00. The molecule has 0 radical (unpaired) electrons. The first kappa shape index (κ1) is 7.34. The Hall–Kier alpha value is -1.32. The van der Waals surface area contributed by atoms with E-state index < -0.39 is 0 Å². The number of nitrogens with one attached hydrogen (secondary N) is 1. The summed E-state index contributed by atoms with van der Waals surface area (Å²) < 4.78 is 0. The number of fused-ring (bicyclic) bond motifs is 1. The van der Waals surface area contributed by atoms with E-state index in [0.29, 0.717) is 0 Å². The predicted molar refractivity (Wildman–Crippen MR) is 48.3 cm³/mol. The fourth-order valence-electron chi connectivity index (χ4n) is 1.34. The fourth-order valence-corrected chi connectivity index (χ4v) is 1.34. The summed E-state index contributed by atoms with van der Waals surface area (Å²) in [6.07, 6.45) is 3.97. The lowest BCUT2D eigenvalue weighted by atomic mass is 10.1. The van der Waals surface area contributed by atoms with Crippen LogP contribution in [0, 0.1) is 0 Å². The van der Waals surface area contributed by atoms with Crippen LogP contribution in [0.2, 0.25) is 0 Å². The maximum Gasteiger partial charge on any atom is 0.0607 e. The van der Waals surface area contributed by atoms with Crippen LogP contribution >= 0.6 is 0 Å². The second-order valence-corrected chi connectivity index (χ2v) is 2.77. The van der Waals surface area contributed by atoms with E-state index >= 15 is 0 Å². The minimum atomic E-state index is 0.823. The Morgan fingerprint density at radius 2 is 2.17 bits per heavy atom. The molecular weight excluding hydrogens is 150 g/mol. The summed E-state index contributed by atoms with van der Waals surface area (Å²) in [6, 6.07) is 8.27. The van der Waals surface area contributed by atoms with E-state index in [9.17, 15) is 0 Å². The van der Waals surface area contributed by atoms with E-state index in [1.807, 2.05) is 29.4 Å². The van der Waals surface area contributed by atoms with Crippen LogP contribution in [-0.4, -0.2) is 5.01 Å². The molecule has 0 saturated carbocycles. The van der Waals surface area contributed by atoms with Gasteiger partial charge in [0.15, 0.2) is 0 Å². The van der Waals surface area contributed by atoms with Crippen molar-refractivity contribution in [2.75, 3.05) is 0 Å². The zero-order valence-electron chi connectivity index (χ0n) is 6.70. The lowest BCUT2D eigenvalue weighted by Gasteiger charge is -2.23. The molecule has 1 heterocycles. The van der Waals surface area contributed by atoms with Crippen molar-refractivity contribution in [3.8, 4) is 0 Å². The van der Waals surface area contributed by atoms with E-state index in [-0.39, 0.29) is 0 Å². The molecule has 0 aromatic heterocycles. The van der Waals surface area contributed by atoms with Gasteiger partial charge in [0.1, 0.15) is 0 Å². The van der Waals surface area contributed by atoms with Gasteiger partial charge in [-0.3, -0.25) is 10.9 Å². The molecule has 0 unspecified atom stereocenters. The first-order chi connectivity index (χ1) is 5.90. The maximum absolute atomic E-state index is 5.29. The Balaban J connectivity index is 2.33. The van der Waals surface area contributed by atoms with Crippen LogP contribution in [0.15, 0.2) is 30.5 Å². The van der Waals surface area contributed by atoms with Gasteiger partial charge in [-0.2, -0.15) is 5.53 Å². The summed E-state index contributed by atoms with van der Waals surface area (Å²) in [6.45, 7) is 0.823. The molecule has 1 aliphatic rings. The molecule has 0 saturated heterocycles. The molecule has 0 atom stereocenters. The van der Waals surface area contributed by atoms with Gasteiger partial charge in [-0.1, -0.05) is 24.3 Å². The lowest BCUT2D eigenvalue weighted by molar-refractivity contribution is 0.265. The maximum atomic E-state index is 5.29. The topological polar surface area (TPSA) is 41.3 Å². The van der Waals surface area contributed by atoms with Crippen molar-refractivity contribution in [2.24, 2.45) is 5.84 Å². The molecule has 0 bridgehead atoms. The molecule has 0 spiro atoms. The van der Waals surface area contributed by atoms with Crippen LogP contribution in [0.25, 0.3) is 6.08 Å². The third kappa shape index (κ3) is 1.20. The average molecular weight is 161 g/mol. The van der Waals surface area contributed by atoms with Crippen molar-refractivity contribution in [2.45, 2.75) is 6.54 Å². The number of hydrogen-bond acceptors (Lipinski definition) is 3. The van der Waals surface area contributed by atoms with E-state index in [1.165, 1.54) is 11.1 Å². The molecule has 3 heteroatoms. The summed E-state index contributed by atoms with van der Waals surface area (Å²) >= 11 is 0. The number of hydrazine groups is 2. The number of nitrogens with two attached hydrogens (primary N) is 1. The standard InChI is InChI=1S/C9H11N3/c10-11-12-6-5-8-3-1-2-4-9(8)7-12/h1-6,11H,7,10H2. The third-order valence-electron chi connectivity index (χ3n) is 2.00. The van der Waals surface area contributed by atoms with Crippen LogP contribution in [0.3, 0.4) is 0 Å². The smallest absolute Gasteiger partial charge is 0.0607 e. The first-order valence-electron chi connectivity index (χ1n) is 3.89. The summed E-state index contributed by atoms with van der Waals surface area (Å²) in [4.78, 5) is 0. The second-order valence-electron chi connectivity index (χ2n) is 2.77. The minimum Gasteiger partial charge on any atom is -0.298 e. The molecule has 1 aliphatic heterocycles. The van der Waals surface area contributed by atoms with Gasteiger partial charge in [0.05, 0.1) is 6.54 Å². The fraction of sp³-hybridized carbons (Fsp3) is 0.111. The van der Waals surface area contributed by atoms with Crippen molar-refractivity contribution >= 4 is 6.08 Å². The van der Waals surface area contributed by atoms with Crippen LogP contribution < -0.4 is 11.4 Å². The normalized spacial score (nSPS) is 14.6. The van der Waals surface area contributed by atoms with Gasteiger partial charge in [0, 0.05) is 6.20 Å². The Labute approximate surface area is 71.4 Å². The van der Waals surface area contributed by atoms with E-state index in [4.69, 9.17) is 5.84 Å². The van der Waals surface area contributed by atoms with Crippen LogP contribution in [0.1, 0.15) is 11.1 Å². The lowest BCUT2D eigenvalue weighted by Crippen LogP contribution is -2.39. The van der Waals surface area contributed by atoms with Gasteiger partial charge in [-0.05, 0) is 17.2 Å². The largest absolute Gasteiger partial charge is 0.298 e. The molecule has 3 N–H and O–H groups in total. The SMILES string of the molecule is NNN1C=Cc2ccccc2C1. The van der Waals surface area contributed by atoms with Crippen molar-refractivity contribution in [3.63, 3.8) is 0 Å². The molecule has 62 valence electrons. The van der Waals surface area contributed by atoms with E-state index in [2.05, 4.69) is 17.7 Å². The quantitative estimate of drug-likeness (QED) is 0.474. The molecule has 1 aromatic carbocycles. The van der Waals surface area contributed by atoms with Crippen LogP contribution in [0.4, 0.5) is 0 Å². The molecular formula is C9H11N3. The molecule has 12 heavy (non-hydrogen) atoms. The minimum absolute atomic E-state index is 0.823. The van der Waals surface area contributed by atoms with Gasteiger partial charge >= 0.3 is 0 Å². The number of rotatable bonds is 1. The van der Waals surface area contributed by atoms with Crippen molar-refractivity contribution < 1.29 is 0 Å². The highest BCUT2D eigenvalue weighted by molar-refractivity contribution is 5.55. The molecule has 3 nitrogen and oxygen atoms in total. The molecule has 0 aliphatic carbocycles. The Morgan fingerprint density at radius 3 is 3.00 bits per heavy atom. The Kier molecular flexibility index (Phi) is 1.81. The summed E-state index contributed by atoms with van der Waals surface area (Å²) in [5.74, 6) is 5.29. The molecule has 2 rings (SSSR count). The molecule has 0 amide bonds. The molecule has 0 fully saturated rings. The summed E-state index contributed by atoms with van der Waals surface area (Å²) in [5.41, 5.74) is 5.15. The van der Waals surface area contributed by atoms with Gasteiger partial charge < -0.3 is 0 Å². The van der Waals surface area contributed by atoms with Gasteiger partial charge in [-0.15, -0.1) is 0 Å². The van der Waals surface area contributed by atoms with Gasteiger partial charge in [0.2, 0.25) is 0 Å². The Morgan fingerprint density at radius 1 is 1.33 bits per heavy atom. The highest BCUT2D eigenvalue weighted by atomic mass is 15.6. The van der Waals surface area contributed by atoms with Gasteiger partial charge in [0.25, 0.3) is 0 Å². The van der Waals surface area contributed by atoms with Crippen molar-refractivity contribution in [3.05, 3.63) is 41.6 Å². The van der Waals surface area contributed by atoms with Crippen molar-refractivity contribution in [1.29, 1.82) is 0 Å². The van der Waals surface area contributed by atoms with Crippen LogP contribution in [0.5, 0.6) is 0 Å². The number of nitrogens with zero attached hydrogens (tertiary/aromatic N) is 1. The monoisotopic (exact) mass is 161 g/mol. The van der Waals surface area contributed by atoms with Crippen molar-refractivity contribution in [1.82, 2.24) is 10.5 Å². The molecule has 1 aromatic rings. The Bertz CT molecular complexity index is 306. The predicted octanol–water partition coefficient (Wildman–Crippen LogP) is 0.851. The first-order valence-corrected chi connectivity index (χ1v) is 3.89. The highest BCUT2D eigenvalue weighted by Gasteiger charge is 2.07. The highest BCUT2D eigenvalue weighted by Crippen LogP contribution is 2.16. The van der Waals surface area contributed by atoms with E-state index in [0.717, 1.165) is 6.54 Å². The summed E-state index contributed by atoms with van der Waals surface area (Å²) in [5, 5.41) is 1.84. The number of benzene rings is 1. The van der Waals surface area contributed by atoms with Gasteiger partial charge in [-0.25, -0.2) is 0 Å². The van der Waals surface area contributed by atoms with E-state index in [1.54, 1.807) is 0 Å². The second kappa shape index (κ2) is 2.97. The average Bonchev–Trinajstić information content (AvgIpc) is 2.17. The zero-order chi connectivity index (χ0) is 8.39. The number of hydrogen-bond donors (Lipinski definition) is 2. The zero-order valence-corrected chi connectivity index (χ0v) is 6.70. The summed E-state index contributed by atoms with van der Waals surface area (Å²) in [7, 11) is 0.